The van der Waals surface area contributed by atoms with E-state index in [1.54, 1.807) is 44.5 Å². The standard InChI is InChI=1S/C38H62/c1-8-14-20-31-26-28-33(37(24-18-12-5)35(31)22-16-10-3)30(7)34-29-27-32(21-15-9-2)36(23-17-11-4)38(34)25-19-13-6/h26-30H,8-25H2,1-7H3. The summed E-state index contributed by atoms with van der Waals surface area (Å²) in [5, 5.41) is 0. The molecule has 0 heteroatoms. The molecule has 0 fully saturated rings. The second-order valence-electron chi connectivity index (χ2n) is 11.9. The van der Waals surface area contributed by atoms with Crippen molar-refractivity contribution in [1.82, 2.24) is 0 Å². The molecule has 0 N–H and O–H groups in total. The van der Waals surface area contributed by atoms with Crippen LogP contribution >= 0.6 is 0 Å². The van der Waals surface area contributed by atoms with Crippen LogP contribution in [-0.4, -0.2) is 0 Å². The third-order valence-corrected chi connectivity index (χ3v) is 8.78. The van der Waals surface area contributed by atoms with E-state index in [2.05, 4.69) is 72.7 Å². The molecular formula is C38H62. The molecule has 0 unspecified atom stereocenters. The first-order valence-electron chi connectivity index (χ1n) is 16.8. The summed E-state index contributed by atoms with van der Waals surface area (Å²) in [6, 6.07) is 10.2. The molecule has 0 atom stereocenters. The summed E-state index contributed by atoms with van der Waals surface area (Å²) in [5.41, 5.74) is 13.4. The van der Waals surface area contributed by atoms with E-state index in [1.165, 1.54) is 116 Å². The molecule has 0 heterocycles. The van der Waals surface area contributed by atoms with E-state index in [4.69, 9.17) is 0 Å². The minimum absolute atomic E-state index is 0.468. The van der Waals surface area contributed by atoms with Gasteiger partial charge >= 0.3 is 0 Å². The number of hydrogen-bond acceptors (Lipinski definition) is 0. The molecule has 38 heavy (non-hydrogen) atoms. The molecule has 0 bridgehead atoms. The molecule has 0 aliphatic carbocycles. The first-order valence-corrected chi connectivity index (χ1v) is 16.8. The first kappa shape index (κ1) is 32.7. The molecule has 2 aromatic rings. The van der Waals surface area contributed by atoms with Gasteiger partial charge in [0.25, 0.3) is 0 Å². The van der Waals surface area contributed by atoms with Crippen LogP contribution in [0.4, 0.5) is 0 Å². The lowest BCUT2D eigenvalue weighted by molar-refractivity contribution is 0.712. The van der Waals surface area contributed by atoms with E-state index in [9.17, 15) is 0 Å². The molecule has 0 saturated carbocycles. The smallest absolute Gasteiger partial charge is 0.00666 e. The van der Waals surface area contributed by atoms with Crippen LogP contribution in [0.2, 0.25) is 0 Å². The van der Waals surface area contributed by atoms with Crippen LogP contribution in [0.1, 0.15) is 176 Å². The van der Waals surface area contributed by atoms with Crippen molar-refractivity contribution in [2.45, 2.75) is 170 Å². The van der Waals surface area contributed by atoms with E-state index in [-0.39, 0.29) is 0 Å². The largest absolute Gasteiger partial charge is 0.0654 e. The van der Waals surface area contributed by atoms with Crippen molar-refractivity contribution in [1.29, 1.82) is 0 Å². The normalized spacial score (nSPS) is 11.6. The van der Waals surface area contributed by atoms with Crippen LogP contribution in [-0.2, 0) is 38.5 Å². The molecule has 2 rings (SSSR count). The van der Waals surface area contributed by atoms with Crippen LogP contribution in [0.15, 0.2) is 24.3 Å². The van der Waals surface area contributed by atoms with Crippen molar-refractivity contribution < 1.29 is 0 Å². The fraction of sp³-hybridized carbons (Fsp3) is 0.684. The predicted molar refractivity (Wildman–Crippen MR) is 172 cm³/mol. The molecule has 0 radical (unpaired) electrons. The Morgan fingerprint density at radius 1 is 0.395 bits per heavy atom. The van der Waals surface area contributed by atoms with E-state index in [0.717, 1.165) is 0 Å². The molecule has 0 amide bonds. The van der Waals surface area contributed by atoms with Crippen LogP contribution in [0.25, 0.3) is 0 Å². The zero-order chi connectivity index (χ0) is 27.8. The Labute approximate surface area is 238 Å². The van der Waals surface area contributed by atoms with Crippen LogP contribution in [0.5, 0.6) is 0 Å². The maximum Gasteiger partial charge on any atom is 0.00666 e. The van der Waals surface area contributed by atoms with Gasteiger partial charge in [0.15, 0.2) is 0 Å². The molecule has 214 valence electrons. The van der Waals surface area contributed by atoms with E-state index < -0.39 is 0 Å². The van der Waals surface area contributed by atoms with E-state index in [1.807, 2.05) is 0 Å². The average Bonchev–Trinajstić information content (AvgIpc) is 2.94. The van der Waals surface area contributed by atoms with Gasteiger partial charge < -0.3 is 0 Å². The van der Waals surface area contributed by atoms with Crippen LogP contribution < -0.4 is 0 Å². The fourth-order valence-electron chi connectivity index (χ4n) is 6.33. The average molecular weight is 519 g/mol. The number of aryl methyl sites for hydroxylation is 2. The summed E-state index contributed by atoms with van der Waals surface area (Å²) in [7, 11) is 0. The van der Waals surface area contributed by atoms with Gasteiger partial charge in [-0.3, -0.25) is 0 Å². The Morgan fingerprint density at radius 2 is 0.684 bits per heavy atom. The van der Waals surface area contributed by atoms with Gasteiger partial charge in [0.2, 0.25) is 0 Å². The summed E-state index contributed by atoms with van der Waals surface area (Å²) in [6.45, 7) is 16.6. The van der Waals surface area contributed by atoms with Crippen molar-refractivity contribution in [3.8, 4) is 0 Å². The van der Waals surface area contributed by atoms with Crippen molar-refractivity contribution in [3.63, 3.8) is 0 Å². The molecule has 0 aliphatic heterocycles. The van der Waals surface area contributed by atoms with Gasteiger partial charge in [0, 0.05) is 5.92 Å². The lowest BCUT2D eigenvalue weighted by Gasteiger charge is -2.27. The number of unbranched alkanes of at least 4 members (excludes halogenated alkanes) is 6. The Bertz CT molecular complexity index is 843. The van der Waals surface area contributed by atoms with E-state index in [0.29, 0.717) is 5.92 Å². The maximum atomic E-state index is 2.55. The van der Waals surface area contributed by atoms with Gasteiger partial charge in [-0.2, -0.15) is 0 Å². The van der Waals surface area contributed by atoms with Crippen LogP contribution in [0, 0.1) is 0 Å². The summed E-state index contributed by atoms with van der Waals surface area (Å²) in [4.78, 5) is 0. The van der Waals surface area contributed by atoms with Gasteiger partial charge in [-0.15, -0.1) is 0 Å². The van der Waals surface area contributed by atoms with Crippen molar-refractivity contribution in [2.75, 3.05) is 0 Å². The lowest BCUT2D eigenvalue weighted by Crippen LogP contribution is -2.12. The molecule has 0 nitrogen and oxygen atoms in total. The van der Waals surface area contributed by atoms with Gasteiger partial charge in [0.1, 0.15) is 0 Å². The van der Waals surface area contributed by atoms with Gasteiger partial charge in [0.05, 0.1) is 0 Å². The topological polar surface area (TPSA) is 0 Å². The van der Waals surface area contributed by atoms with Crippen molar-refractivity contribution >= 4 is 0 Å². The van der Waals surface area contributed by atoms with Crippen molar-refractivity contribution in [3.05, 3.63) is 68.8 Å². The monoisotopic (exact) mass is 518 g/mol. The fourth-order valence-corrected chi connectivity index (χ4v) is 6.33. The van der Waals surface area contributed by atoms with Gasteiger partial charge in [-0.25, -0.2) is 0 Å². The molecular weight excluding hydrogens is 456 g/mol. The highest BCUT2D eigenvalue weighted by Crippen LogP contribution is 2.37. The minimum Gasteiger partial charge on any atom is -0.0654 e. The zero-order valence-corrected chi connectivity index (χ0v) is 26.6. The second kappa shape index (κ2) is 18.7. The predicted octanol–water partition coefficient (Wildman–Crippen LogP) is 11.9. The first-order chi connectivity index (χ1) is 18.6. The summed E-state index contributed by atoms with van der Waals surface area (Å²) in [5.74, 6) is 0.468. The highest BCUT2D eigenvalue weighted by atomic mass is 14.3. The second-order valence-corrected chi connectivity index (χ2v) is 11.9. The zero-order valence-electron chi connectivity index (χ0n) is 26.6. The highest BCUT2D eigenvalue weighted by Gasteiger charge is 2.22. The molecule has 2 aromatic carbocycles. The van der Waals surface area contributed by atoms with Gasteiger partial charge in [-0.1, -0.05) is 111 Å². The SMILES string of the molecule is CCCCc1ccc(C(C)c2ccc(CCCC)c(CCCC)c2CCCC)c(CCCC)c1CCCC. The Kier molecular flexibility index (Phi) is 16.0. The third-order valence-electron chi connectivity index (χ3n) is 8.78. The Hall–Kier alpha value is -1.56. The maximum absolute atomic E-state index is 2.55. The lowest BCUT2D eigenvalue weighted by atomic mass is 9.78. The molecule has 0 aromatic heterocycles. The third kappa shape index (κ3) is 9.27. The van der Waals surface area contributed by atoms with Crippen LogP contribution in [0.3, 0.4) is 0 Å². The van der Waals surface area contributed by atoms with Crippen molar-refractivity contribution in [2.24, 2.45) is 0 Å². The molecule has 0 saturated heterocycles. The Morgan fingerprint density at radius 3 is 1.00 bits per heavy atom. The summed E-state index contributed by atoms with van der Waals surface area (Å²) < 4.78 is 0. The number of hydrogen-bond donors (Lipinski definition) is 0. The number of rotatable bonds is 20. The summed E-state index contributed by atoms with van der Waals surface area (Å²) >= 11 is 0. The van der Waals surface area contributed by atoms with Gasteiger partial charge in [-0.05, 0) is 122 Å². The molecule has 0 aliphatic rings. The number of benzene rings is 2. The minimum atomic E-state index is 0.468. The quantitative estimate of drug-likeness (QED) is 0.163. The highest BCUT2D eigenvalue weighted by molar-refractivity contribution is 5.51. The molecule has 0 spiro atoms. The summed E-state index contributed by atoms with van der Waals surface area (Å²) in [6.07, 6.45) is 23.0. The van der Waals surface area contributed by atoms with E-state index >= 15 is 0 Å². The Balaban J connectivity index is 2.69.